The van der Waals surface area contributed by atoms with E-state index in [9.17, 15) is 19.2 Å². The Labute approximate surface area is 175 Å². The topological polar surface area (TPSA) is 86.7 Å². The number of ketones is 4. The molecular weight excluding hydrogens is 384 g/mol. The molecule has 0 aromatic heterocycles. The Morgan fingerprint density at radius 2 is 1.60 bits per heavy atom. The van der Waals surface area contributed by atoms with E-state index in [1.54, 1.807) is 32.0 Å². The summed E-state index contributed by atoms with van der Waals surface area (Å²) in [6.07, 6.45) is -0.588. The van der Waals surface area contributed by atoms with E-state index in [4.69, 9.17) is 9.47 Å². The smallest absolute Gasteiger partial charge is 0.171 e. The first-order valence-electron chi connectivity index (χ1n) is 9.66. The van der Waals surface area contributed by atoms with Crippen molar-refractivity contribution in [3.8, 4) is 11.5 Å². The Kier molecular flexibility index (Phi) is 5.61. The van der Waals surface area contributed by atoms with Gasteiger partial charge >= 0.3 is 0 Å². The maximum Gasteiger partial charge on any atom is 0.171 e. The van der Waals surface area contributed by atoms with E-state index >= 15 is 0 Å². The van der Waals surface area contributed by atoms with Crippen molar-refractivity contribution >= 4 is 23.1 Å². The van der Waals surface area contributed by atoms with Gasteiger partial charge in [0.1, 0.15) is 17.6 Å². The number of benzene rings is 2. The van der Waals surface area contributed by atoms with Gasteiger partial charge in [-0.1, -0.05) is 6.07 Å². The van der Waals surface area contributed by atoms with E-state index in [0.717, 1.165) is 0 Å². The van der Waals surface area contributed by atoms with Gasteiger partial charge in [-0.25, -0.2) is 0 Å². The fraction of sp³-hybridized carbons (Fsp3) is 0.333. The summed E-state index contributed by atoms with van der Waals surface area (Å²) >= 11 is 0. The van der Waals surface area contributed by atoms with E-state index in [1.807, 2.05) is 0 Å². The number of hydrogen-bond donors (Lipinski definition) is 0. The van der Waals surface area contributed by atoms with Gasteiger partial charge in [0.2, 0.25) is 0 Å². The van der Waals surface area contributed by atoms with Crippen molar-refractivity contribution in [1.82, 2.24) is 0 Å². The molecule has 156 valence electrons. The third-order valence-corrected chi connectivity index (χ3v) is 5.53. The van der Waals surface area contributed by atoms with E-state index in [2.05, 4.69) is 0 Å². The van der Waals surface area contributed by atoms with Gasteiger partial charge < -0.3 is 9.47 Å². The molecule has 0 radical (unpaired) electrons. The van der Waals surface area contributed by atoms with Crippen molar-refractivity contribution < 1.29 is 28.7 Å². The monoisotopic (exact) mass is 408 g/mol. The standard InChI is InChI=1S/C24H24O6/c1-11-21(14(4)26)12(2)24-23(22(11)15(5)27)18(28)10-19(30-24)16-7-8-17(13(3)25)20(9-16)29-6/h7-9,19H,10H2,1-6H3/t19-/m1/s1. The molecule has 1 heterocycles. The van der Waals surface area contributed by atoms with Crippen molar-refractivity contribution in [3.63, 3.8) is 0 Å². The van der Waals surface area contributed by atoms with Crippen LogP contribution in [0.1, 0.15) is 91.4 Å². The van der Waals surface area contributed by atoms with Crippen molar-refractivity contribution in [2.24, 2.45) is 0 Å². The number of Topliss-reactive ketones (excluding diaryl/α,β-unsaturated/α-hetero) is 4. The first-order valence-corrected chi connectivity index (χ1v) is 9.66. The largest absolute Gasteiger partial charge is 0.496 e. The van der Waals surface area contributed by atoms with Gasteiger partial charge in [0.25, 0.3) is 0 Å². The predicted octanol–water partition coefficient (Wildman–Crippen LogP) is 4.63. The molecule has 1 atom stereocenters. The zero-order chi connectivity index (χ0) is 22.3. The second kappa shape index (κ2) is 7.86. The minimum absolute atomic E-state index is 0.0359. The molecule has 0 fully saturated rings. The molecule has 6 heteroatoms. The highest BCUT2D eigenvalue weighted by molar-refractivity contribution is 6.14. The van der Waals surface area contributed by atoms with Crippen LogP contribution in [0.4, 0.5) is 0 Å². The zero-order valence-electron chi connectivity index (χ0n) is 18.0. The maximum atomic E-state index is 13.1. The number of carbonyl (C=O) groups excluding carboxylic acids is 4. The molecule has 0 unspecified atom stereocenters. The fourth-order valence-electron chi connectivity index (χ4n) is 4.23. The first kappa shape index (κ1) is 21.4. The summed E-state index contributed by atoms with van der Waals surface area (Å²) in [6.45, 7) is 7.67. The lowest BCUT2D eigenvalue weighted by molar-refractivity contribution is 0.0834. The van der Waals surface area contributed by atoms with Gasteiger partial charge in [0.15, 0.2) is 23.1 Å². The summed E-state index contributed by atoms with van der Waals surface area (Å²) in [5, 5.41) is 0. The van der Waals surface area contributed by atoms with Gasteiger partial charge in [0.05, 0.1) is 24.7 Å². The minimum Gasteiger partial charge on any atom is -0.496 e. The summed E-state index contributed by atoms with van der Waals surface area (Å²) in [5.74, 6) is -0.159. The summed E-state index contributed by atoms with van der Waals surface area (Å²) < 4.78 is 11.5. The van der Waals surface area contributed by atoms with E-state index in [1.165, 1.54) is 27.9 Å². The van der Waals surface area contributed by atoms with E-state index in [-0.39, 0.29) is 46.4 Å². The molecule has 0 bridgehead atoms. The minimum atomic E-state index is -0.624. The Bertz CT molecular complexity index is 1110. The predicted molar refractivity (Wildman–Crippen MR) is 111 cm³/mol. The van der Waals surface area contributed by atoms with Gasteiger partial charge in [-0.2, -0.15) is 0 Å². The molecule has 1 aliphatic heterocycles. The third-order valence-electron chi connectivity index (χ3n) is 5.53. The molecule has 3 rings (SSSR count). The van der Waals surface area contributed by atoms with Crippen LogP contribution in [0.2, 0.25) is 0 Å². The van der Waals surface area contributed by atoms with Gasteiger partial charge in [-0.05, 0) is 57.9 Å². The van der Waals surface area contributed by atoms with Crippen molar-refractivity contribution in [3.05, 3.63) is 57.1 Å². The number of hydrogen-bond acceptors (Lipinski definition) is 6. The summed E-state index contributed by atoms with van der Waals surface area (Å²) in [7, 11) is 1.47. The van der Waals surface area contributed by atoms with Crippen molar-refractivity contribution in [2.45, 2.75) is 47.1 Å². The van der Waals surface area contributed by atoms with E-state index < -0.39 is 6.10 Å². The molecule has 30 heavy (non-hydrogen) atoms. The molecule has 0 saturated heterocycles. The molecule has 1 aliphatic rings. The number of rotatable bonds is 5. The van der Waals surface area contributed by atoms with Crippen LogP contribution in [0.25, 0.3) is 0 Å². The summed E-state index contributed by atoms with van der Waals surface area (Å²) in [5.41, 5.74) is 3.05. The maximum absolute atomic E-state index is 13.1. The van der Waals surface area contributed by atoms with Gasteiger partial charge in [-0.15, -0.1) is 0 Å². The molecule has 2 aromatic carbocycles. The highest BCUT2D eigenvalue weighted by Gasteiger charge is 2.35. The van der Waals surface area contributed by atoms with Crippen LogP contribution < -0.4 is 9.47 Å². The fourth-order valence-corrected chi connectivity index (χ4v) is 4.23. The van der Waals surface area contributed by atoms with Crippen LogP contribution >= 0.6 is 0 Å². The quantitative estimate of drug-likeness (QED) is 0.671. The Hall–Kier alpha value is -3.28. The molecule has 2 aromatic rings. The second-order valence-corrected chi connectivity index (χ2v) is 7.57. The Balaban J connectivity index is 2.18. The molecule has 0 aliphatic carbocycles. The lowest BCUT2D eigenvalue weighted by Gasteiger charge is -2.30. The van der Waals surface area contributed by atoms with Crippen molar-refractivity contribution in [1.29, 1.82) is 0 Å². The molecule has 0 saturated carbocycles. The SMILES string of the molecule is COc1cc([C@H]2CC(=O)c3c(c(C)c(C(C)=O)c(C)c3C(C)=O)O2)ccc1C(C)=O. The molecule has 6 nitrogen and oxygen atoms in total. The molecular formula is C24H24O6. The third kappa shape index (κ3) is 3.43. The Morgan fingerprint density at radius 1 is 0.967 bits per heavy atom. The average molecular weight is 408 g/mol. The Morgan fingerprint density at radius 3 is 2.13 bits per heavy atom. The summed E-state index contributed by atoms with van der Waals surface area (Å²) in [6, 6.07) is 5.05. The number of fused-ring (bicyclic) bond motifs is 1. The van der Waals surface area contributed by atoms with Crippen LogP contribution in [0.3, 0.4) is 0 Å². The zero-order valence-corrected chi connectivity index (χ0v) is 18.0. The lowest BCUT2D eigenvalue weighted by Crippen LogP contribution is -2.25. The lowest BCUT2D eigenvalue weighted by atomic mass is 9.83. The van der Waals surface area contributed by atoms with Crippen LogP contribution in [-0.4, -0.2) is 30.2 Å². The highest BCUT2D eigenvalue weighted by Crippen LogP contribution is 2.43. The van der Waals surface area contributed by atoms with Gasteiger partial charge in [0, 0.05) is 16.7 Å². The van der Waals surface area contributed by atoms with Crippen LogP contribution in [0.5, 0.6) is 11.5 Å². The summed E-state index contributed by atoms with van der Waals surface area (Å²) in [4.78, 5) is 49.5. The first-order chi connectivity index (χ1) is 14.1. The number of ether oxygens (including phenoxy) is 2. The second-order valence-electron chi connectivity index (χ2n) is 7.57. The molecule has 0 N–H and O–H groups in total. The van der Waals surface area contributed by atoms with Crippen LogP contribution in [0, 0.1) is 13.8 Å². The molecule has 0 spiro atoms. The van der Waals surface area contributed by atoms with Crippen molar-refractivity contribution in [2.75, 3.05) is 7.11 Å². The van der Waals surface area contributed by atoms with Crippen LogP contribution in [-0.2, 0) is 0 Å². The number of carbonyl (C=O) groups is 4. The normalized spacial score (nSPS) is 15.3. The van der Waals surface area contributed by atoms with Crippen LogP contribution in [0.15, 0.2) is 18.2 Å². The van der Waals surface area contributed by atoms with Gasteiger partial charge in [-0.3, -0.25) is 19.2 Å². The number of methoxy groups -OCH3 is 1. The van der Waals surface area contributed by atoms with E-state index in [0.29, 0.717) is 33.6 Å². The molecule has 0 amide bonds. The highest BCUT2D eigenvalue weighted by atomic mass is 16.5. The average Bonchev–Trinajstić information content (AvgIpc) is 2.67.